The van der Waals surface area contributed by atoms with Crippen molar-refractivity contribution >= 4 is 23.1 Å². The van der Waals surface area contributed by atoms with Crippen molar-refractivity contribution in [1.29, 1.82) is 0 Å². The summed E-state index contributed by atoms with van der Waals surface area (Å²) < 4.78 is 5.18. The molecular weight excluding hydrogens is 352 g/mol. The maximum Gasteiger partial charge on any atom is 0.227 e. The minimum atomic E-state index is -0.171. The topological polar surface area (TPSA) is 110 Å². The molecule has 2 N–H and O–H groups in total. The molecule has 130 valence electrons. The fraction of sp³-hybridized carbons (Fsp3) is 0.118. The molecule has 26 heavy (non-hydrogen) atoms. The van der Waals surface area contributed by atoms with Gasteiger partial charge >= 0.3 is 0 Å². The smallest absolute Gasteiger partial charge is 0.227 e. The molecule has 0 fully saturated rings. The van der Waals surface area contributed by atoms with Crippen molar-refractivity contribution in [2.24, 2.45) is 0 Å². The summed E-state index contributed by atoms with van der Waals surface area (Å²) in [6.45, 7) is 0. The second-order valence-electron chi connectivity index (χ2n) is 5.45. The summed E-state index contributed by atoms with van der Waals surface area (Å²) in [5.41, 5.74) is 1.64. The lowest BCUT2D eigenvalue weighted by Gasteiger charge is -1.98. The van der Waals surface area contributed by atoms with Gasteiger partial charge in [0, 0.05) is 36.9 Å². The van der Waals surface area contributed by atoms with Gasteiger partial charge in [0.25, 0.3) is 0 Å². The molecule has 0 saturated heterocycles. The predicted molar refractivity (Wildman–Crippen MR) is 96.4 cm³/mol. The van der Waals surface area contributed by atoms with Crippen molar-refractivity contribution in [2.75, 3.05) is 5.32 Å². The van der Waals surface area contributed by atoms with E-state index in [0.29, 0.717) is 24.0 Å². The Balaban J connectivity index is 1.32. The van der Waals surface area contributed by atoms with Crippen LogP contribution in [0.4, 0.5) is 5.82 Å². The summed E-state index contributed by atoms with van der Waals surface area (Å²) >= 11 is 1.60. The van der Waals surface area contributed by atoms with Gasteiger partial charge in [-0.2, -0.15) is 10.1 Å². The van der Waals surface area contributed by atoms with Crippen LogP contribution in [0.3, 0.4) is 0 Å². The lowest BCUT2D eigenvalue weighted by molar-refractivity contribution is -0.116. The van der Waals surface area contributed by atoms with Crippen LogP contribution >= 0.6 is 11.3 Å². The molecular formula is C17H14N6O2S. The number of aromatic nitrogens is 5. The number of rotatable bonds is 6. The highest BCUT2D eigenvalue weighted by atomic mass is 32.1. The van der Waals surface area contributed by atoms with E-state index in [1.807, 2.05) is 23.6 Å². The zero-order chi connectivity index (χ0) is 17.8. The largest absolute Gasteiger partial charge is 0.339 e. The third kappa shape index (κ3) is 3.67. The summed E-state index contributed by atoms with van der Waals surface area (Å²) in [6, 6.07) is 9.39. The first-order chi connectivity index (χ1) is 12.8. The van der Waals surface area contributed by atoms with Gasteiger partial charge in [-0.1, -0.05) is 11.2 Å². The van der Waals surface area contributed by atoms with E-state index in [0.717, 1.165) is 16.1 Å². The molecule has 0 unspecified atom stereocenters. The average molecular weight is 366 g/mol. The van der Waals surface area contributed by atoms with E-state index >= 15 is 0 Å². The Labute approximate surface area is 152 Å². The molecule has 0 atom stereocenters. The van der Waals surface area contributed by atoms with E-state index in [4.69, 9.17) is 4.52 Å². The molecule has 0 aromatic carbocycles. The first-order valence-corrected chi connectivity index (χ1v) is 8.78. The van der Waals surface area contributed by atoms with Crippen LogP contribution in [0.2, 0.25) is 0 Å². The SMILES string of the molecule is O=C(CCc1nc(-c2cccnc2)no1)Nc1cc(-c2cccs2)[nH]n1. The number of anilines is 1. The van der Waals surface area contributed by atoms with Crippen molar-refractivity contribution < 1.29 is 9.32 Å². The van der Waals surface area contributed by atoms with Crippen molar-refractivity contribution in [3.05, 3.63) is 54.0 Å². The number of nitrogens with one attached hydrogen (secondary N) is 2. The molecule has 0 bridgehead atoms. The van der Waals surface area contributed by atoms with Crippen LogP contribution in [-0.2, 0) is 11.2 Å². The van der Waals surface area contributed by atoms with Gasteiger partial charge in [-0.3, -0.25) is 14.9 Å². The van der Waals surface area contributed by atoms with E-state index in [1.54, 1.807) is 35.9 Å². The molecule has 4 aromatic heterocycles. The van der Waals surface area contributed by atoms with E-state index in [-0.39, 0.29) is 12.3 Å². The standard InChI is InChI=1S/C17H14N6O2S/c24-15(19-14-9-12(21-22-14)13-4-2-8-26-13)5-6-16-20-17(23-25-16)11-3-1-7-18-10-11/h1-4,7-10H,5-6H2,(H2,19,21,22,24). The van der Waals surface area contributed by atoms with Crippen LogP contribution in [0.1, 0.15) is 12.3 Å². The molecule has 0 radical (unpaired) electrons. The molecule has 4 rings (SSSR count). The maximum atomic E-state index is 12.1. The summed E-state index contributed by atoms with van der Waals surface area (Å²) in [7, 11) is 0. The molecule has 4 heterocycles. The van der Waals surface area contributed by atoms with Gasteiger partial charge in [0.15, 0.2) is 5.82 Å². The second kappa shape index (κ2) is 7.28. The number of nitrogens with zero attached hydrogens (tertiary/aromatic N) is 4. The Morgan fingerprint density at radius 2 is 2.27 bits per heavy atom. The van der Waals surface area contributed by atoms with Crippen molar-refractivity contribution in [3.8, 4) is 22.0 Å². The Morgan fingerprint density at radius 1 is 1.31 bits per heavy atom. The van der Waals surface area contributed by atoms with E-state index in [2.05, 4.69) is 30.6 Å². The molecule has 4 aromatic rings. The monoisotopic (exact) mass is 366 g/mol. The van der Waals surface area contributed by atoms with Crippen LogP contribution in [-0.4, -0.2) is 31.2 Å². The number of aromatic amines is 1. The van der Waals surface area contributed by atoms with Crippen LogP contribution in [0.15, 0.2) is 52.6 Å². The molecule has 9 heteroatoms. The van der Waals surface area contributed by atoms with Crippen molar-refractivity contribution in [2.45, 2.75) is 12.8 Å². The van der Waals surface area contributed by atoms with E-state index in [9.17, 15) is 4.79 Å². The molecule has 0 aliphatic heterocycles. The van der Waals surface area contributed by atoms with Gasteiger partial charge in [-0.15, -0.1) is 11.3 Å². The van der Waals surface area contributed by atoms with Gasteiger partial charge in [0.05, 0.1) is 10.6 Å². The lowest BCUT2D eigenvalue weighted by atomic mass is 10.2. The zero-order valence-electron chi connectivity index (χ0n) is 13.5. The summed E-state index contributed by atoms with van der Waals surface area (Å²) in [6.07, 6.45) is 3.90. The van der Waals surface area contributed by atoms with Crippen LogP contribution in [0.25, 0.3) is 22.0 Å². The predicted octanol–water partition coefficient (Wildman–Crippen LogP) is 3.15. The Hall–Kier alpha value is -3.33. The van der Waals surface area contributed by atoms with E-state index < -0.39 is 0 Å². The van der Waals surface area contributed by atoms with Crippen LogP contribution in [0.5, 0.6) is 0 Å². The first-order valence-electron chi connectivity index (χ1n) is 7.90. The number of aryl methyl sites for hydroxylation is 1. The summed E-state index contributed by atoms with van der Waals surface area (Å²) in [5, 5.41) is 15.7. The number of hydrogen-bond acceptors (Lipinski definition) is 7. The van der Waals surface area contributed by atoms with Crippen molar-refractivity contribution in [1.82, 2.24) is 25.3 Å². The summed E-state index contributed by atoms with van der Waals surface area (Å²) in [4.78, 5) is 21.5. The fourth-order valence-corrected chi connectivity index (χ4v) is 3.03. The highest BCUT2D eigenvalue weighted by Crippen LogP contribution is 2.24. The van der Waals surface area contributed by atoms with E-state index in [1.165, 1.54) is 0 Å². The van der Waals surface area contributed by atoms with Crippen molar-refractivity contribution in [3.63, 3.8) is 0 Å². The molecule has 1 amide bonds. The normalized spacial score (nSPS) is 10.8. The molecule has 0 saturated carbocycles. The quantitative estimate of drug-likeness (QED) is 0.542. The number of pyridine rings is 1. The third-order valence-corrected chi connectivity index (χ3v) is 4.49. The number of H-pyrrole nitrogens is 1. The van der Waals surface area contributed by atoms with Gasteiger partial charge in [0.1, 0.15) is 0 Å². The average Bonchev–Trinajstić information content (AvgIpc) is 3.41. The Kier molecular flexibility index (Phi) is 4.52. The summed E-state index contributed by atoms with van der Waals surface area (Å²) in [5.74, 6) is 1.18. The number of thiophene rings is 1. The molecule has 0 aliphatic carbocycles. The van der Waals surface area contributed by atoms with Crippen LogP contribution in [0, 0.1) is 0 Å². The number of hydrogen-bond donors (Lipinski definition) is 2. The van der Waals surface area contributed by atoms with Gasteiger partial charge in [-0.05, 0) is 23.6 Å². The number of amides is 1. The molecule has 0 aliphatic rings. The highest BCUT2D eigenvalue weighted by molar-refractivity contribution is 7.13. The lowest BCUT2D eigenvalue weighted by Crippen LogP contribution is -2.12. The minimum absolute atomic E-state index is 0.171. The molecule has 8 nitrogen and oxygen atoms in total. The van der Waals surface area contributed by atoms with Gasteiger partial charge in [-0.25, -0.2) is 0 Å². The number of carbonyl (C=O) groups is 1. The fourth-order valence-electron chi connectivity index (χ4n) is 2.34. The number of carbonyl (C=O) groups excluding carboxylic acids is 1. The third-order valence-electron chi connectivity index (χ3n) is 3.59. The molecule has 0 spiro atoms. The Bertz CT molecular complexity index is 993. The minimum Gasteiger partial charge on any atom is -0.339 e. The second-order valence-corrected chi connectivity index (χ2v) is 6.39. The maximum absolute atomic E-state index is 12.1. The zero-order valence-corrected chi connectivity index (χ0v) is 14.4. The first kappa shape index (κ1) is 16.2. The van der Waals surface area contributed by atoms with Gasteiger partial charge < -0.3 is 9.84 Å². The van der Waals surface area contributed by atoms with Gasteiger partial charge in [0.2, 0.25) is 17.6 Å². The Morgan fingerprint density at radius 3 is 3.08 bits per heavy atom. The highest BCUT2D eigenvalue weighted by Gasteiger charge is 2.12. The van der Waals surface area contributed by atoms with Crippen LogP contribution < -0.4 is 5.32 Å².